The van der Waals surface area contributed by atoms with E-state index in [-0.39, 0.29) is 11.8 Å². The third-order valence-electron chi connectivity index (χ3n) is 2.76. The second-order valence-electron chi connectivity index (χ2n) is 4.63. The summed E-state index contributed by atoms with van der Waals surface area (Å²) in [6.45, 7) is 4.65. The Morgan fingerprint density at radius 1 is 1.50 bits per heavy atom. The number of hydroxylamine groups is 1. The molecule has 1 atom stereocenters. The number of hydrogen-bond acceptors (Lipinski definition) is 2. The van der Waals surface area contributed by atoms with Crippen molar-refractivity contribution in [1.29, 1.82) is 0 Å². The Morgan fingerprint density at radius 3 is 2.94 bits per heavy atom. The monoisotopic (exact) mass is 219 g/mol. The normalized spacial score (nSPS) is 17.8. The Kier molecular flexibility index (Phi) is 3.25. The number of rotatable bonds is 4. The van der Waals surface area contributed by atoms with Gasteiger partial charge in [-0.1, -0.05) is 38.1 Å². The van der Waals surface area contributed by atoms with Crippen LogP contribution in [0.15, 0.2) is 24.3 Å². The molecule has 1 unspecified atom stereocenters. The van der Waals surface area contributed by atoms with Gasteiger partial charge in [0.25, 0.3) is 5.91 Å². The highest BCUT2D eigenvalue weighted by molar-refractivity contribution is 5.86. The first-order chi connectivity index (χ1) is 7.68. The molecule has 1 aromatic carbocycles. The second-order valence-corrected chi connectivity index (χ2v) is 4.63. The fourth-order valence-electron chi connectivity index (χ4n) is 1.84. The maximum absolute atomic E-state index is 11.7. The van der Waals surface area contributed by atoms with Crippen LogP contribution < -0.4 is 5.48 Å². The van der Waals surface area contributed by atoms with Gasteiger partial charge in [0.05, 0.1) is 12.5 Å². The van der Waals surface area contributed by atoms with Crippen molar-refractivity contribution in [3.63, 3.8) is 0 Å². The fourth-order valence-corrected chi connectivity index (χ4v) is 1.84. The smallest absolute Gasteiger partial charge is 0.251 e. The summed E-state index contributed by atoms with van der Waals surface area (Å²) in [6.07, 6.45) is 0.826. The number of benzene rings is 1. The van der Waals surface area contributed by atoms with Crippen molar-refractivity contribution in [1.82, 2.24) is 5.48 Å². The van der Waals surface area contributed by atoms with Gasteiger partial charge < -0.3 is 0 Å². The molecular formula is C13H17NO2. The minimum atomic E-state index is -0.0284. The molecule has 2 rings (SSSR count). The third-order valence-corrected chi connectivity index (χ3v) is 2.76. The predicted octanol–water partition coefficient (Wildman–Crippen LogP) is 2.03. The van der Waals surface area contributed by atoms with Gasteiger partial charge in [-0.15, -0.1) is 0 Å². The van der Waals surface area contributed by atoms with Gasteiger partial charge in [-0.25, -0.2) is 5.48 Å². The summed E-state index contributed by atoms with van der Waals surface area (Å²) in [6, 6.07) is 8.04. The van der Waals surface area contributed by atoms with E-state index in [1.54, 1.807) is 0 Å². The van der Waals surface area contributed by atoms with Crippen molar-refractivity contribution in [2.75, 3.05) is 6.61 Å². The van der Waals surface area contributed by atoms with Crippen molar-refractivity contribution in [2.24, 2.45) is 5.92 Å². The lowest BCUT2D eigenvalue weighted by Gasteiger charge is -2.28. The van der Waals surface area contributed by atoms with Crippen LogP contribution >= 0.6 is 0 Å². The van der Waals surface area contributed by atoms with Crippen LogP contribution in [0.3, 0.4) is 0 Å². The van der Waals surface area contributed by atoms with Crippen LogP contribution in [-0.4, -0.2) is 12.5 Å². The van der Waals surface area contributed by atoms with Crippen molar-refractivity contribution < 1.29 is 9.63 Å². The number of amides is 1. The molecule has 3 heteroatoms. The molecule has 0 spiro atoms. The maximum Gasteiger partial charge on any atom is 0.251 e. The minimum Gasteiger partial charge on any atom is -0.273 e. The van der Waals surface area contributed by atoms with Gasteiger partial charge in [0, 0.05) is 0 Å². The van der Waals surface area contributed by atoms with Crippen molar-refractivity contribution >= 4 is 5.91 Å². The second kappa shape index (κ2) is 4.66. The zero-order valence-electron chi connectivity index (χ0n) is 9.69. The molecule has 0 bridgehead atoms. The molecule has 16 heavy (non-hydrogen) atoms. The van der Waals surface area contributed by atoms with E-state index in [1.165, 1.54) is 5.56 Å². The van der Waals surface area contributed by atoms with E-state index >= 15 is 0 Å². The van der Waals surface area contributed by atoms with Crippen LogP contribution in [0.2, 0.25) is 0 Å². The highest BCUT2D eigenvalue weighted by atomic mass is 16.6. The molecule has 1 N–H and O–H groups in total. The Balaban J connectivity index is 1.85. The molecule has 1 aliphatic carbocycles. The van der Waals surface area contributed by atoms with E-state index in [9.17, 15) is 4.79 Å². The van der Waals surface area contributed by atoms with Crippen LogP contribution in [0, 0.1) is 5.92 Å². The molecule has 0 saturated heterocycles. The highest BCUT2D eigenvalue weighted by Crippen LogP contribution is 2.34. The van der Waals surface area contributed by atoms with Gasteiger partial charge in [0.15, 0.2) is 0 Å². The molecule has 1 aromatic rings. The average Bonchev–Trinajstić information content (AvgIpc) is 2.19. The van der Waals surface area contributed by atoms with Gasteiger partial charge in [-0.3, -0.25) is 9.63 Å². The van der Waals surface area contributed by atoms with E-state index in [4.69, 9.17) is 4.84 Å². The first-order valence-corrected chi connectivity index (χ1v) is 5.68. The lowest BCUT2D eigenvalue weighted by Crippen LogP contribution is -2.36. The van der Waals surface area contributed by atoms with Crippen molar-refractivity contribution in [3.05, 3.63) is 35.4 Å². The summed E-state index contributed by atoms with van der Waals surface area (Å²) in [5.41, 5.74) is 4.92. The Labute approximate surface area is 95.8 Å². The molecule has 0 aliphatic heterocycles. The lowest BCUT2D eigenvalue weighted by atomic mass is 9.77. The van der Waals surface area contributed by atoms with Crippen molar-refractivity contribution in [2.45, 2.75) is 26.2 Å². The summed E-state index contributed by atoms with van der Waals surface area (Å²) in [4.78, 5) is 16.9. The third kappa shape index (κ3) is 2.25. The van der Waals surface area contributed by atoms with Crippen molar-refractivity contribution in [3.8, 4) is 0 Å². The van der Waals surface area contributed by atoms with E-state index in [0.717, 1.165) is 12.0 Å². The number of carbonyl (C=O) groups excluding carboxylic acids is 1. The molecular weight excluding hydrogens is 202 g/mol. The van der Waals surface area contributed by atoms with Gasteiger partial charge in [0.2, 0.25) is 0 Å². The largest absolute Gasteiger partial charge is 0.273 e. The van der Waals surface area contributed by atoms with Crippen LogP contribution in [0.1, 0.15) is 30.9 Å². The zero-order valence-corrected chi connectivity index (χ0v) is 9.69. The lowest BCUT2D eigenvalue weighted by molar-refractivity contribution is -0.136. The Bertz CT molecular complexity index is 387. The number of hydrogen-bond donors (Lipinski definition) is 1. The zero-order chi connectivity index (χ0) is 11.5. The van der Waals surface area contributed by atoms with Crippen LogP contribution in [0.25, 0.3) is 0 Å². The molecule has 0 fully saturated rings. The molecule has 1 aliphatic rings. The van der Waals surface area contributed by atoms with Gasteiger partial charge in [-0.05, 0) is 23.5 Å². The molecule has 0 aromatic heterocycles. The van der Waals surface area contributed by atoms with Crippen LogP contribution in [-0.2, 0) is 16.1 Å². The summed E-state index contributed by atoms with van der Waals surface area (Å²) < 4.78 is 0. The van der Waals surface area contributed by atoms with Gasteiger partial charge >= 0.3 is 0 Å². The number of nitrogens with one attached hydrogen (secondary N) is 1. The molecule has 86 valence electrons. The standard InChI is InChI=1S/C13H17NO2/c1-9(2)8-16-14-13(15)12-7-10-5-3-4-6-11(10)12/h3-6,9,12H,7-8H2,1-2H3,(H,14,15). The number of fused-ring (bicyclic) bond motifs is 1. The summed E-state index contributed by atoms with van der Waals surface area (Å²) >= 11 is 0. The molecule has 0 heterocycles. The van der Waals surface area contributed by atoms with E-state index in [2.05, 4.69) is 11.5 Å². The Morgan fingerprint density at radius 2 is 2.25 bits per heavy atom. The topological polar surface area (TPSA) is 38.3 Å². The quantitative estimate of drug-likeness (QED) is 0.787. The minimum absolute atomic E-state index is 0.0247. The van der Waals surface area contributed by atoms with Gasteiger partial charge in [-0.2, -0.15) is 0 Å². The molecule has 0 saturated carbocycles. The van der Waals surface area contributed by atoms with Crippen LogP contribution in [0.5, 0.6) is 0 Å². The maximum atomic E-state index is 11.7. The predicted molar refractivity (Wildman–Crippen MR) is 61.8 cm³/mol. The Hall–Kier alpha value is -1.35. The van der Waals surface area contributed by atoms with Crippen LogP contribution in [0.4, 0.5) is 0 Å². The molecule has 3 nitrogen and oxygen atoms in total. The summed E-state index contributed by atoms with van der Waals surface area (Å²) in [5, 5.41) is 0. The average molecular weight is 219 g/mol. The van der Waals surface area contributed by atoms with E-state index in [0.29, 0.717) is 12.5 Å². The first kappa shape index (κ1) is 11.1. The first-order valence-electron chi connectivity index (χ1n) is 5.68. The summed E-state index contributed by atoms with van der Waals surface area (Å²) in [7, 11) is 0. The molecule has 1 amide bonds. The van der Waals surface area contributed by atoms with E-state index in [1.807, 2.05) is 32.0 Å². The number of carbonyl (C=O) groups is 1. The summed E-state index contributed by atoms with van der Waals surface area (Å²) in [5.74, 6) is 0.372. The molecule has 0 radical (unpaired) electrons. The van der Waals surface area contributed by atoms with E-state index < -0.39 is 0 Å². The highest BCUT2D eigenvalue weighted by Gasteiger charge is 2.31. The van der Waals surface area contributed by atoms with Gasteiger partial charge in [0.1, 0.15) is 0 Å². The fraction of sp³-hybridized carbons (Fsp3) is 0.462. The SMILES string of the molecule is CC(C)CONC(=O)C1Cc2ccccc21.